The number of hydrogen-bond acceptors (Lipinski definition) is 4. The monoisotopic (exact) mass is 576 g/mol. The molecule has 8 heteroatoms. The number of benzene rings is 1. The molecule has 30 heavy (non-hydrogen) atoms. The van der Waals surface area contributed by atoms with Crippen LogP contribution in [-0.2, 0) is 0 Å². The summed E-state index contributed by atoms with van der Waals surface area (Å²) in [4.78, 5) is 17.0. The van der Waals surface area contributed by atoms with Gasteiger partial charge >= 0.3 is 5.91 Å². The van der Waals surface area contributed by atoms with Crippen molar-refractivity contribution < 1.29 is 9.21 Å². The Kier molecular flexibility index (Phi) is 5.79. The summed E-state index contributed by atoms with van der Waals surface area (Å²) in [7, 11) is 0. The molecule has 0 bridgehead atoms. The predicted octanol–water partition coefficient (Wildman–Crippen LogP) is 5.67. The summed E-state index contributed by atoms with van der Waals surface area (Å²) >= 11 is 5.64. The van der Waals surface area contributed by atoms with Crippen molar-refractivity contribution in [2.45, 2.75) is 20.8 Å². The molecule has 0 aliphatic rings. The summed E-state index contributed by atoms with van der Waals surface area (Å²) < 4.78 is 9.62. The number of nitrogens with one attached hydrogen (secondary N) is 1. The SMILES string of the molecule is Cc1ccc(-n2c(C)cc(/C=N\NC(=O)c3cc4cc(Br)cc(I)c4o3)c2C)nc1. The number of carbonyl (C=O) groups excluding carboxylic acids is 1. The molecule has 0 saturated heterocycles. The van der Waals surface area contributed by atoms with Crippen LogP contribution in [0.4, 0.5) is 0 Å². The van der Waals surface area contributed by atoms with Gasteiger partial charge in [0.05, 0.1) is 9.78 Å². The van der Waals surface area contributed by atoms with Crippen molar-refractivity contribution in [3.05, 3.63) is 78.9 Å². The van der Waals surface area contributed by atoms with Crippen LogP contribution < -0.4 is 5.43 Å². The second-order valence-corrected chi connectivity index (χ2v) is 9.05. The molecule has 0 saturated carbocycles. The van der Waals surface area contributed by atoms with E-state index in [-0.39, 0.29) is 5.76 Å². The van der Waals surface area contributed by atoms with Crippen LogP contribution in [0.3, 0.4) is 0 Å². The van der Waals surface area contributed by atoms with E-state index in [9.17, 15) is 4.79 Å². The molecule has 0 fully saturated rings. The first-order chi connectivity index (χ1) is 14.3. The molecule has 1 amide bonds. The van der Waals surface area contributed by atoms with Gasteiger partial charge < -0.3 is 8.98 Å². The van der Waals surface area contributed by atoms with E-state index in [1.807, 2.05) is 57.3 Å². The van der Waals surface area contributed by atoms with Gasteiger partial charge in [-0.2, -0.15) is 5.10 Å². The number of aromatic nitrogens is 2. The fraction of sp³-hybridized carbons (Fsp3) is 0.136. The summed E-state index contributed by atoms with van der Waals surface area (Å²) in [5, 5.41) is 4.98. The fourth-order valence-electron chi connectivity index (χ4n) is 3.27. The topological polar surface area (TPSA) is 72.4 Å². The highest BCUT2D eigenvalue weighted by Gasteiger charge is 2.15. The number of aryl methyl sites for hydroxylation is 2. The molecule has 0 spiro atoms. The number of amides is 1. The summed E-state index contributed by atoms with van der Waals surface area (Å²) in [5.74, 6) is 0.665. The first kappa shape index (κ1) is 20.8. The minimum atomic E-state index is -0.400. The molecule has 4 aromatic rings. The quantitative estimate of drug-likeness (QED) is 0.193. The van der Waals surface area contributed by atoms with Gasteiger partial charge in [-0.1, -0.05) is 22.0 Å². The maximum Gasteiger partial charge on any atom is 0.307 e. The Morgan fingerprint density at radius 3 is 2.77 bits per heavy atom. The number of nitrogens with zero attached hydrogens (tertiary/aromatic N) is 3. The molecule has 0 radical (unpaired) electrons. The Balaban J connectivity index is 1.53. The van der Waals surface area contributed by atoms with Crippen LogP contribution in [0.2, 0.25) is 0 Å². The van der Waals surface area contributed by atoms with Crippen molar-refractivity contribution >= 4 is 61.6 Å². The van der Waals surface area contributed by atoms with Gasteiger partial charge in [0, 0.05) is 33.0 Å². The lowest BCUT2D eigenvalue weighted by molar-refractivity contribution is 0.0929. The number of hydrazone groups is 1. The van der Waals surface area contributed by atoms with Crippen LogP contribution in [0, 0.1) is 24.3 Å². The van der Waals surface area contributed by atoms with Gasteiger partial charge in [-0.05, 0) is 79.3 Å². The molecular weight excluding hydrogens is 559 g/mol. The second-order valence-electron chi connectivity index (χ2n) is 6.97. The van der Waals surface area contributed by atoms with Crippen LogP contribution in [0.5, 0.6) is 0 Å². The minimum absolute atomic E-state index is 0.215. The van der Waals surface area contributed by atoms with Gasteiger partial charge in [0.2, 0.25) is 0 Å². The molecule has 1 N–H and O–H groups in total. The highest BCUT2D eigenvalue weighted by molar-refractivity contribution is 14.1. The summed E-state index contributed by atoms with van der Waals surface area (Å²) in [6.07, 6.45) is 3.48. The number of furan rings is 1. The lowest BCUT2D eigenvalue weighted by Gasteiger charge is -2.08. The highest BCUT2D eigenvalue weighted by Crippen LogP contribution is 2.28. The van der Waals surface area contributed by atoms with E-state index in [4.69, 9.17) is 4.42 Å². The smallest absolute Gasteiger partial charge is 0.307 e. The fourth-order valence-corrected chi connectivity index (χ4v) is 4.93. The zero-order chi connectivity index (χ0) is 21.4. The molecule has 3 heterocycles. The van der Waals surface area contributed by atoms with Gasteiger partial charge in [0.25, 0.3) is 0 Å². The molecule has 4 rings (SSSR count). The van der Waals surface area contributed by atoms with E-state index in [0.29, 0.717) is 5.58 Å². The van der Waals surface area contributed by atoms with Crippen LogP contribution in [0.1, 0.15) is 33.1 Å². The third kappa shape index (κ3) is 4.06. The van der Waals surface area contributed by atoms with E-state index in [1.54, 1.807) is 12.3 Å². The maximum atomic E-state index is 12.5. The molecular formula is C22H18BrIN4O2. The van der Waals surface area contributed by atoms with Crippen molar-refractivity contribution in [3.8, 4) is 5.82 Å². The van der Waals surface area contributed by atoms with Gasteiger partial charge in [-0.25, -0.2) is 10.4 Å². The third-order valence-corrected chi connectivity index (χ3v) is 5.98. The Hall–Kier alpha value is -2.46. The van der Waals surface area contributed by atoms with Crippen molar-refractivity contribution in [1.82, 2.24) is 15.0 Å². The molecule has 152 valence electrons. The van der Waals surface area contributed by atoms with Crippen molar-refractivity contribution in [3.63, 3.8) is 0 Å². The summed E-state index contributed by atoms with van der Waals surface area (Å²) in [6, 6.07) is 11.6. The second kappa shape index (κ2) is 8.35. The van der Waals surface area contributed by atoms with Gasteiger partial charge in [-0.15, -0.1) is 0 Å². The molecule has 0 atom stereocenters. The molecule has 1 aromatic carbocycles. The first-order valence-electron chi connectivity index (χ1n) is 9.17. The molecule has 0 aliphatic heterocycles. The first-order valence-corrected chi connectivity index (χ1v) is 11.0. The van der Waals surface area contributed by atoms with E-state index in [2.05, 4.69) is 58.6 Å². The number of fused-ring (bicyclic) bond motifs is 1. The molecule has 6 nitrogen and oxygen atoms in total. The standard InChI is InChI=1S/C22H18BrIN4O2/c1-12-4-5-20(25-10-12)28-13(2)6-16(14(28)3)11-26-27-22(29)19-8-15-7-17(23)9-18(24)21(15)30-19/h4-11H,1-3H3,(H,27,29)/b26-11-. The van der Waals surface area contributed by atoms with Crippen molar-refractivity contribution in [2.75, 3.05) is 0 Å². The van der Waals surface area contributed by atoms with Gasteiger partial charge in [-0.3, -0.25) is 4.79 Å². The Bertz CT molecular complexity index is 1290. The normalized spacial score (nSPS) is 11.5. The third-order valence-electron chi connectivity index (χ3n) is 4.72. The van der Waals surface area contributed by atoms with E-state index >= 15 is 0 Å². The highest BCUT2D eigenvalue weighted by atomic mass is 127. The average Bonchev–Trinajstić information content (AvgIpc) is 3.24. The summed E-state index contributed by atoms with van der Waals surface area (Å²) in [6.45, 7) is 6.02. The lowest BCUT2D eigenvalue weighted by atomic mass is 10.2. The molecule has 0 unspecified atom stereocenters. The maximum absolute atomic E-state index is 12.5. The Morgan fingerprint density at radius 1 is 1.23 bits per heavy atom. The van der Waals surface area contributed by atoms with E-state index < -0.39 is 5.91 Å². The number of hydrogen-bond donors (Lipinski definition) is 1. The predicted molar refractivity (Wildman–Crippen MR) is 129 cm³/mol. The van der Waals surface area contributed by atoms with Crippen LogP contribution in [0.25, 0.3) is 16.8 Å². The van der Waals surface area contributed by atoms with E-state index in [0.717, 1.165) is 41.8 Å². The average molecular weight is 577 g/mol. The van der Waals surface area contributed by atoms with Gasteiger partial charge in [0.15, 0.2) is 5.76 Å². The summed E-state index contributed by atoms with van der Waals surface area (Å²) in [5.41, 5.74) is 7.26. The van der Waals surface area contributed by atoms with E-state index in [1.165, 1.54) is 0 Å². The Morgan fingerprint density at radius 2 is 2.03 bits per heavy atom. The lowest BCUT2D eigenvalue weighted by Crippen LogP contribution is -2.16. The van der Waals surface area contributed by atoms with Crippen LogP contribution in [-0.4, -0.2) is 21.7 Å². The van der Waals surface area contributed by atoms with Crippen molar-refractivity contribution in [2.24, 2.45) is 5.10 Å². The van der Waals surface area contributed by atoms with Crippen LogP contribution in [0.15, 0.2) is 56.6 Å². The van der Waals surface area contributed by atoms with Crippen LogP contribution >= 0.6 is 38.5 Å². The minimum Gasteiger partial charge on any atom is -0.450 e. The zero-order valence-corrected chi connectivity index (χ0v) is 20.3. The van der Waals surface area contributed by atoms with Crippen molar-refractivity contribution in [1.29, 1.82) is 0 Å². The number of rotatable bonds is 4. The largest absolute Gasteiger partial charge is 0.450 e. The zero-order valence-electron chi connectivity index (χ0n) is 16.5. The number of pyridine rings is 1. The van der Waals surface area contributed by atoms with Gasteiger partial charge in [0.1, 0.15) is 11.4 Å². The molecule has 0 aliphatic carbocycles. The number of halogens is 2. The Labute approximate surface area is 195 Å². The number of carbonyl (C=O) groups is 1. The molecule has 3 aromatic heterocycles.